The van der Waals surface area contributed by atoms with Crippen LogP contribution in [0.1, 0.15) is 16.7 Å². The zero-order valence-corrected chi connectivity index (χ0v) is 12.1. The van der Waals surface area contributed by atoms with E-state index in [4.69, 9.17) is 16.3 Å². The van der Waals surface area contributed by atoms with Crippen LogP contribution in [0.5, 0.6) is 5.75 Å². The van der Waals surface area contributed by atoms with Crippen molar-refractivity contribution >= 4 is 17.3 Å². The van der Waals surface area contributed by atoms with E-state index in [1.165, 1.54) is 6.07 Å². The van der Waals surface area contributed by atoms with Crippen LogP contribution in [-0.4, -0.2) is 10.0 Å². The molecule has 5 nitrogen and oxygen atoms in total. The third kappa shape index (κ3) is 3.32. The molecular formula is C15H14ClNO4. The highest BCUT2D eigenvalue weighted by Gasteiger charge is 2.14. The highest BCUT2D eigenvalue weighted by atomic mass is 35.5. The Labute approximate surface area is 126 Å². The van der Waals surface area contributed by atoms with Gasteiger partial charge in [0.25, 0.3) is 5.69 Å². The molecule has 0 atom stereocenters. The van der Waals surface area contributed by atoms with Gasteiger partial charge in [-0.05, 0) is 18.6 Å². The van der Waals surface area contributed by atoms with E-state index in [1.807, 2.05) is 0 Å². The minimum absolute atomic E-state index is 0.0534. The number of rotatable bonds is 5. The standard InChI is InChI=1S/C15H14ClNO4/c1-10-12(5-3-7-14(10)17(19)20)9-21-15-11(8-18)4-2-6-13(15)16/h2-7,18H,8-9H2,1H3. The van der Waals surface area contributed by atoms with Crippen LogP contribution >= 0.6 is 11.6 Å². The van der Waals surface area contributed by atoms with Crippen LogP contribution in [0.2, 0.25) is 5.02 Å². The second-order valence-electron chi connectivity index (χ2n) is 4.49. The molecule has 0 saturated carbocycles. The Morgan fingerprint density at radius 2 is 1.90 bits per heavy atom. The molecule has 6 heteroatoms. The molecular weight excluding hydrogens is 294 g/mol. The third-order valence-electron chi connectivity index (χ3n) is 3.20. The molecule has 0 aliphatic carbocycles. The van der Waals surface area contributed by atoms with Crippen LogP contribution in [-0.2, 0) is 13.2 Å². The number of aliphatic hydroxyl groups is 1. The SMILES string of the molecule is Cc1c(COc2c(Cl)cccc2CO)cccc1[N+](=O)[O-]. The number of para-hydroxylation sites is 1. The van der Waals surface area contributed by atoms with Crippen LogP contribution in [0.3, 0.4) is 0 Å². The summed E-state index contributed by atoms with van der Waals surface area (Å²) in [5.74, 6) is 0.396. The van der Waals surface area contributed by atoms with Crippen molar-refractivity contribution in [3.8, 4) is 5.75 Å². The minimum Gasteiger partial charge on any atom is -0.487 e. The van der Waals surface area contributed by atoms with Gasteiger partial charge < -0.3 is 9.84 Å². The van der Waals surface area contributed by atoms with Gasteiger partial charge in [0.15, 0.2) is 0 Å². The summed E-state index contributed by atoms with van der Waals surface area (Å²) in [7, 11) is 0. The summed E-state index contributed by atoms with van der Waals surface area (Å²) in [5.41, 5.74) is 1.89. The predicted molar refractivity (Wildman–Crippen MR) is 79.5 cm³/mol. The van der Waals surface area contributed by atoms with Crippen molar-refractivity contribution in [2.24, 2.45) is 0 Å². The first kappa shape index (κ1) is 15.3. The Bertz CT molecular complexity index is 673. The molecule has 1 N–H and O–H groups in total. The zero-order chi connectivity index (χ0) is 15.4. The number of halogens is 1. The molecule has 2 aromatic carbocycles. The molecule has 0 saturated heterocycles. The summed E-state index contributed by atoms with van der Waals surface area (Å²) in [6.45, 7) is 1.63. The molecule has 0 aliphatic heterocycles. The maximum atomic E-state index is 10.9. The Morgan fingerprint density at radius 3 is 2.57 bits per heavy atom. The molecule has 0 aromatic heterocycles. The maximum Gasteiger partial charge on any atom is 0.272 e. The van der Waals surface area contributed by atoms with Gasteiger partial charge in [0.1, 0.15) is 12.4 Å². The first-order valence-electron chi connectivity index (χ1n) is 6.28. The minimum atomic E-state index is -0.423. The normalized spacial score (nSPS) is 10.4. The van der Waals surface area contributed by atoms with Crippen molar-refractivity contribution in [3.05, 3.63) is 68.2 Å². The summed E-state index contributed by atoms with van der Waals surface area (Å²) in [5, 5.41) is 20.6. The smallest absolute Gasteiger partial charge is 0.272 e. The van der Waals surface area contributed by atoms with Gasteiger partial charge in [-0.15, -0.1) is 0 Å². The molecule has 0 fully saturated rings. The number of ether oxygens (including phenoxy) is 1. The summed E-state index contributed by atoms with van der Waals surface area (Å²) in [6.07, 6.45) is 0. The van der Waals surface area contributed by atoms with E-state index < -0.39 is 4.92 Å². The molecule has 0 spiro atoms. The Balaban J connectivity index is 2.25. The van der Waals surface area contributed by atoms with Gasteiger partial charge in [0, 0.05) is 17.2 Å². The van der Waals surface area contributed by atoms with Crippen molar-refractivity contribution in [2.75, 3.05) is 0 Å². The lowest BCUT2D eigenvalue weighted by Crippen LogP contribution is -2.03. The van der Waals surface area contributed by atoms with Crippen LogP contribution in [0.25, 0.3) is 0 Å². The second-order valence-corrected chi connectivity index (χ2v) is 4.90. The quantitative estimate of drug-likeness (QED) is 0.676. The van der Waals surface area contributed by atoms with E-state index in [1.54, 1.807) is 37.3 Å². The molecule has 2 aromatic rings. The van der Waals surface area contributed by atoms with E-state index in [2.05, 4.69) is 0 Å². The number of nitro groups is 1. The monoisotopic (exact) mass is 307 g/mol. The summed E-state index contributed by atoms with van der Waals surface area (Å²) in [6, 6.07) is 9.92. The van der Waals surface area contributed by atoms with E-state index in [0.29, 0.717) is 27.5 Å². The van der Waals surface area contributed by atoms with E-state index in [-0.39, 0.29) is 18.9 Å². The van der Waals surface area contributed by atoms with Crippen molar-refractivity contribution in [3.63, 3.8) is 0 Å². The topological polar surface area (TPSA) is 72.6 Å². The molecule has 2 rings (SSSR count). The number of hydrogen-bond acceptors (Lipinski definition) is 4. The number of aliphatic hydroxyl groups excluding tert-OH is 1. The third-order valence-corrected chi connectivity index (χ3v) is 3.50. The number of benzene rings is 2. The lowest BCUT2D eigenvalue weighted by molar-refractivity contribution is -0.385. The predicted octanol–water partition coefficient (Wildman–Crippen LogP) is 3.63. The molecule has 21 heavy (non-hydrogen) atoms. The van der Waals surface area contributed by atoms with Gasteiger partial charge in [0.05, 0.1) is 16.6 Å². The van der Waals surface area contributed by atoms with Crippen LogP contribution < -0.4 is 4.74 Å². The average Bonchev–Trinajstić information content (AvgIpc) is 2.46. The molecule has 0 amide bonds. The van der Waals surface area contributed by atoms with Crippen LogP contribution in [0.4, 0.5) is 5.69 Å². The molecule has 0 heterocycles. The fourth-order valence-corrected chi connectivity index (χ4v) is 2.26. The zero-order valence-electron chi connectivity index (χ0n) is 11.4. The van der Waals surface area contributed by atoms with Crippen LogP contribution in [0, 0.1) is 17.0 Å². The second kappa shape index (κ2) is 6.56. The summed E-state index contributed by atoms with van der Waals surface area (Å²) >= 11 is 6.05. The maximum absolute atomic E-state index is 10.9. The fourth-order valence-electron chi connectivity index (χ4n) is 2.01. The molecule has 110 valence electrons. The Morgan fingerprint density at radius 1 is 1.24 bits per heavy atom. The van der Waals surface area contributed by atoms with E-state index in [0.717, 1.165) is 0 Å². The molecule has 0 unspecified atom stereocenters. The van der Waals surface area contributed by atoms with Gasteiger partial charge in [-0.2, -0.15) is 0 Å². The van der Waals surface area contributed by atoms with Gasteiger partial charge in [0.2, 0.25) is 0 Å². The van der Waals surface area contributed by atoms with Crippen molar-refractivity contribution in [1.29, 1.82) is 0 Å². The van der Waals surface area contributed by atoms with Gasteiger partial charge in [-0.1, -0.05) is 35.9 Å². The first-order chi connectivity index (χ1) is 10.0. The number of nitro benzene ring substituents is 1. The van der Waals surface area contributed by atoms with Crippen molar-refractivity contribution in [1.82, 2.24) is 0 Å². The number of nitrogens with zero attached hydrogens (tertiary/aromatic N) is 1. The molecule has 0 bridgehead atoms. The van der Waals surface area contributed by atoms with Crippen molar-refractivity contribution in [2.45, 2.75) is 20.1 Å². The first-order valence-corrected chi connectivity index (χ1v) is 6.66. The largest absolute Gasteiger partial charge is 0.487 e. The highest BCUT2D eigenvalue weighted by molar-refractivity contribution is 6.32. The van der Waals surface area contributed by atoms with Gasteiger partial charge in [-0.3, -0.25) is 10.1 Å². The van der Waals surface area contributed by atoms with E-state index in [9.17, 15) is 15.2 Å². The highest BCUT2D eigenvalue weighted by Crippen LogP contribution is 2.30. The summed E-state index contributed by atoms with van der Waals surface area (Å²) < 4.78 is 5.65. The lowest BCUT2D eigenvalue weighted by atomic mass is 10.1. The summed E-state index contributed by atoms with van der Waals surface area (Å²) in [4.78, 5) is 10.5. The Hall–Kier alpha value is -2.11. The Kier molecular flexibility index (Phi) is 4.77. The fraction of sp³-hybridized carbons (Fsp3) is 0.200. The van der Waals surface area contributed by atoms with E-state index >= 15 is 0 Å². The number of hydrogen-bond donors (Lipinski definition) is 1. The molecule has 0 aliphatic rings. The van der Waals surface area contributed by atoms with Gasteiger partial charge in [-0.25, -0.2) is 0 Å². The lowest BCUT2D eigenvalue weighted by Gasteiger charge is -2.13. The van der Waals surface area contributed by atoms with Crippen LogP contribution in [0.15, 0.2) is 36.4 Å². The van der Waals surface area contributed by atoms with Crippen molar-refractivity contribution < 1.29 is 14.8 Å². The van der Waals surface area contributed by atoms with Gasteiger partial charge >= 0.3 is 0 Å². The average molecular weight is 308 g/mol. The molecule has 0 radical (unpaired) electrons.